The summed E-state index contributed by atoms with van der Waals surface area (Å²) in [5, 5.41) is 9.98. The first-order valence-corrected chi connectivity index (χ1v) is 10.7. The fourth-order valence-corrected chi connectivity index (χ4v) is 3.48. The highest BCUT2D eigenvalue weighted by molar-refractivity contribution is 6.06. The van der Waals surface area contributed by atoms with E-state index in [9.17, 15) is 9.90 Å². The Morgan fingerprint density at radius 1 is 1.14 bits per heavy atom. The van der Waals surface area contributed by atoms with Gasteiger partial charge in [-0.1, -0.05) is 61.8 Å². The van der Waals surface area contributed by atoms with Crippen LogP contribution in [0.2, 0.25) is 0 Å². The number of ketones is 1. The van der Waals surface area contributed by atoms with Crippen molar-refractivity contribution in [1.82, 2.24) is 4.98 Å². The zero-order valence-electron chi connectivity index (χ0n) is 19.3. The number of hydrogen-bond acceptors (Lipinski definition) is 2. The molecule has 0 aliphatic heterocycles. The highest BCUT2D eigenvalue weighted by Crippen LogP contribution is 2.21. The molecule has 0 bridgehead atoms. The molecular formula is C26H39NO2. The third-order valence-corrected chi connectivity index (χ3v) is 4.90. The topological polar surface area (TPSA) is 53.1 Å². The van der Waals surface area contributed by atoms with Gasteiger partial charge >= 0.3 is 0 Å². The highest BCUT2D eigenvalue weighted by atomic mass is 16.3. The summed E-state index contributed by atoms with van der Waals surface area (Å²) in [6.45, 7) is 15.0. The van der Waals surface area contributed by atoms with Crippen LogP contribution in [-0.4, -0.2) is 15.9 Å². The van der Waals surface area contributed by atoms with E-state index in [0.29, 0.717) is 17.4 Å². The first kappa shape index (κ1) is 24.7. The number of nitrogens with one attached hydrogen (secondary N) is 1. The number of carbonyl (C=O) groups is 1. The van der Waals surface area contributed by atoms with E-state index in [1.54, 1.807) is 12.1 Å². The van der Waals surface area contributed by atoms with Gasteiger partial charge < -0.3 is 10.1 Å². The van der Waals surface area contributed by atoms with Gasteiger partial charge in [-0.3, -0.25) is 4.79 Å². The van der Waals surface area contributed by atoms with E-state index in [-0.39, 0.29) is 11.7 Å². The van der Waals surface area contributed by atoms with Crippen LogP contribution in [0.5, 0.6) is 5.88 Å². The van der Waals surface area contributed by atoms with Crippen LogP contribution in [0.25, 0.3) is 0 Å². The first-order valence-electron chi connectivity index (χ1n) is 10.7. The SMILES string of the molecule is C/C=C(C)/C=C(C)/C=C(\C)C[C@H](C)CC/C=C/C(=O)c1cc(CC(C)C)[nH]c1O. The fraction of sp³-hybridized carbons (Fsp3) is 0.500. The molecule has 0 radical (unpaired) electrons. The molecule has 0 saturated carbocycles. The third kappa shape index (κ3) is 9.65. The molecule has 2 N–H and O–H groups in total. The van der Waals surface area contributed by atoms with E-state index < -0.39 is 0 Å². The van der Waals surface area contributed by atoms with Gasteiger partial charge in [0, 0.05) is 5.69 Å². The summed E-state index contributed by atoms with van der Waals surface area (Å²) in [5.74, 6) is 0.857. The lowest BCUT2D eigenvalue weighted by Crippen LogP contribution is -1.96. The summed E-state index contributed by atoms with van der Waals surface area (Å²) in [6.07, 6.45) is 13.8. The molecule has 160 valence electrons. The Labute approximate surface area is 177 Å². The summed E-state index contributed by atoms with van der Waals surface area (Å²) in [5.41, 5.74) is 5.20. The molecule has 29 heavy (non-hydrogen) atoms. The van der Waals surface area contributed by atoms with Crippen molar-refractivity contribution < 1.29 is 9.90 Å². The Balaban J connectivity index is 2.52. The molecule has 0 amide bonds. The summed E-state index contributed by atoms with van der Waals surface area (Å²) in [7, 11) is 0. The second-order valence-corrected chi connectivity index (χ2v) is 8.72. The second kappa shape index (κ2) is 12.3. The van der Waals surface area contributed by atoms with Gasteiger partial charge in [0.2, 0.25) is 0 Å². The number of hydrogen-bond donors (Lipinski definition) is 2. The van der Waals surface area contributed by atoms with Crippen LogP contribution in [0, 0.1) is 11.8 Å². The molecule has 0 aliphatic rings. The Morgan fingerprint density at radius 2 is 1.83 bits per heavy atom. The first-order chi connectivity index (χ1) is 13.6. The molecule has 0 saturated heterocycles. The van der Waals surface area contributed by atoms with Gasteiger partial charge in [-0.05, 0) is 77.4 Å². The van der Waals surface area contributed by atoms with Crippen molar-refractivity contribution in [3.8, 4) is 5.88 Å². The van der Waals surface area contributed by atoms with Crippen molar-refractivity contribution in [3.05, 3.63) is 64.4 Å². The van der Waals surface area contributed by atoms with Crippen LogP contribution in [0.15, 0.2) is 53.2 Å². The zero-order valence-corrected chi connectivity index (χ0v) is 19.3. The van der Waals surface area contributed by atoms with Crippen LogP contribution in [0.4, 0.5) is 0 Å². The maximum absolute atomic E-state index is 12.3. The van der Waals surface area contributed by atoms with Crippen LogP contribution in [0.1, 0.15) is 83.8 Å². The predicted molar refractivity (Wildman–Crippen MR) is 124 cm³/mol. The number of aromatic nitrogens is 1. The van der Waals surface area contributed by atoms with E-state index in [1.165, 1.54) is 16.7 Å². The summed E-state index contributed by atoms with van der Waals surface area (Å²) in [6, 6.07) is 1.77. The zero-order chi connectivity index (χ0) is 22.0. The Kier molecular flexibility index (Phi) is 10.5. The van der Waals surface area contributed by atoms with Crippen LogP contribution in [0.3, 0.4) is 0 Å². The number of aromatic hydroxyl groups is 1. The number of allylic oxidation sites excluding steroid dienone is 8. The van der Waals surface area contributed by atoms with E-state index in [2.05, 4.69) is 71.7 Å². The minimum atomic E-state index is -0.141. The average molecular weight is 398 g/mol. The largest absolute Gasteiger partial charge is 0.494 e. The number of carbonyl (C=O) groups excluding carboxylic acids is 1. The lowest BCUT2D eigenvalue weighted by Gasteiger charge is -2.10. The highest BCUT2D eigenvalue weighted by Gasteiger charge is 2.13. The molecule has 1 rings (SSSR count). The minimum absolute atomic E-state index is 0.0268. The van der Waals surface area contributed by atoms with Crippen LogP contribution < -0.4 is 0 Å². The Hall–Kier alpha value is -2.29. The molecule has 1 aromatic heterocycles. The fourth-order valence-electron chi connectivity index (χ4n) is 3.48. The molecule has 0 unspecified atom stereocenters. The van der Waals surface area contributed by atoms with Crippen molar-refractivity contribution in [3.63, 3.8) is 0 Å². The van der Waals surface area contributed by atoms with E-state index in [0.717, 1.165) is 31.4 Å². The molecule has 1 aromatic rings. The summed E-state index contributed by atoms with van der Waals surface area (Å²) < 4.78 is 0. The molecule has 3 heteroatoms. The standard InChI is InChI=1S/C26H39NO2/c1-8-19(4)14-21(6)16-22(7)15-20(5)11-9-10-12-25(28)24-17-23(13-18(2)3)27-26(24)29/h8,10,12,14,16-18,20,27,29H,9,11,13,15H2,1-7H3/b12-10+,19-8+,21-14+,22-16+/t20-/m1/s1. The van der Waals surface area contributed by atoms with Gasteiger partial charge in [0.1, 0.15) is 0 Å². The maximum atomic E-state index is 12.3. The van der Waals surface area contributed by atoms with Gasteiger partial charge in [-0.15, -0.1) is 0 Å². The molecule has 3 nitrogen and oxygen atoms in total. The lowest BCUT2D eigenvalue weighted by molar-refractivity contribution is 0.104. The predicted octanol–water partition coefficient (Wildman–Crippen LogP) is 7.32. The maximum Gasteiger partial charge on any atom is 0.199 e. The summed E-state index contributed by atoms with van der Waals surface area (Å²) in [4.78, 5) is 15.2. The molecule has 0 aromatic carbocycles. The third-order valence-electron chi connectivity index (χ3n) is 4.90. The van der Waals surface area contributed by atoms with Crippen molar-refractivity contribution in [2.75, 3.05) is 0 Å². The van der Waals surface area contributed by atoms with E-state index in [4.69, 9.17) is 0 Å². The smallest absolute Gasteiger partial charge is 0.199 e. The van der Waals surface area contributed by atoms with E-state index in [1.807, 2.05) is 6.08 Å². The number of rotatable bonds is 11. The number of aromatic amines is 1. The van der Waals surface area contributed by atoms with Crippen molar-refractivity contribution >= 4 is 5.78 Å². The van der Waals surface area contributed by atoms with Crippen molar-refractivity contribution in [1.29, 1.82) is 0 Å². The monoisotopic (exact) mass is 397 g/mol. The molecule has 0 spiro atoms. The van der Waals surface area contributed by atoms with Crippen LogP contribution >= 0.6 is 0 Å². The molecular weight excluding hydrogens is 358 g/mol. The Bertz CT molecular complexity index is 788. The average Bonchev–Trinajstić information content (AvgIpc) is 2.97. The van der Waals surface area contributed by atoms with Gasteiger partial charge in [-0.25, -0.2) is 0 Å². The molecule has 1 heterocycles. The molecule has 1 atom stereocenters. The van der Waals surface area contributed by atoms with Gasteiger partial charge in [0.15, 0.2) is 11.7 Å². The van der Waals surface area contributed by atoms with Crippen LogP contribution in [-0.2, 0) is 6.42 Å². The normalized spacial score (nSPS) is 14.8. The van der Waals surface area contributed by atoms with E-state index >= 15 is 0 Å². The van der Waals surface area contributed by atoms with Crippen molar-refractivity contribution in [2.45, 2.75) is 74.1 Å². The van der Waals surface area contributed by atoms with Gasteiger partial charge in [0.25, 0.3) is 0 Å². The Morgan fingerprint density at radius 3 is 2.45 bits per heavy atom. The molecule has 0 fully saturated rings. The molecule has 0 aliphatic carbocycles. The quantitative estimate of drug-likeness (QED) is 0.233. The lowest BCUT2D eigenvalue weighted by atomic mass is 9.96. The minimum Gasteiger partial charge on any atom is -0.494 e. The number of H-pyrrole nitrogens is 1. The van der Waals surface area contributed by atoms with Gasteiger partial charge in [-0.2, -0.15) is 0 Å². The van der Waals surface area contributed by atoms with Gasteiger partial charge in [0.05, 0.1) is 5.56 Å². The summed E-state index contributed by atoms with van der Waals surface area (Å²) >= 11 is 0. The van der Waals surface area contributed by atoms with Crippen molar-refractivity contribution in [2.24, 2.45) is 11.8 Å². The second-order valence-electron chi connectivity index (χ2n) is 8.72.